The smallest absolute Gasteiger partial charge is 0.414 e. The Labute approximate surface area is 184 Å². The van der Waals surface area contributed by atoms with E-state index in [4.69, 9.17) is 29.3 Å². The van der Waals surface area contributed by atoms with Crippen molar-refractivity contribution in [2.75, 3.05) is 19.0 Å². The summed E-state index contributed by atoms with van der Waals surface area (Å²) < 4.78 is 12.6. The zero-order chi connectivity index (χ0) is 23.7. The number of phenolic OH excluding ortho intramolecular Hbond substituents is 1. The molecule has 4 N–H and O–H groups in total. The van der Waals surface area contributed by atoms with Gasteiger partial charge in [-0.3, -0.25) is 0 Å². The highest BCUT2D eigenvalue weighted by atomic mass is 16.5. The largest absolute Gasteiger partial charge is 0.504 e. The standard InChI is InChI=1S/C20H23N3O3.C2H2O4/c1-4-26-16-10-8-14(9-11-16)17-13-22-20(23(17)2)21-12-15-6-5-7-18(25-3)19(15)24;3-1(4)2(5)6/h5-11,13,24H,4,12H2,1-3H3,(H,21,22);(H,3,4)(H,5,6). The lowest BCUT2D eigenvalue weighted by molar-refractivity contribution is -0.159. The Morgan fingerprint density at radius 3 is 2.31 bits per heavy atom. The molecule has 1 heterocycles. The first kappa shape index (κ1) is 24.1. The van der Waals surface area contributed by atoms with Crippen molar-refractivity contribution in [3.8, 4) is 28.5 Å². The van der Waals surface area contributed by atoms with Gasteiger partial charge in [-0.25, -0.2) is 14.6 Å². The molecule has 0 fully saturated rings. The van der Waals surface area contributed by atoms with Crippen LogP contribution in [0.1, 0.15) is 12.5 Å². The van der Waals surface area contributed by atoms with Crippen LogP contribution in [-0.4, -0.2) is 50.5 Å². The summed E-state index contributed by atoms with van der Waals surface area (Å²) in [5.74, 6) is -1.48. The van der Waals surface area contributed by atoms with Gasteiger partial charge in [-0.05, 0) is 37.3 Å². The Bertz CT molecular complexity index is 1050. The van der Waals surface area contributed by atoms with Crippen molar-refractivity contribution in [2.24, 2.45) is 7.05 Å². The van der Waals surface area contributed by atoms with Gasteiger partial charge in [-0.2, -0.15) is 0 Å². The number of aliphatic carboxylic acids is 2. The second-order valence-corrected chi connectivity index (χ2v) is 6.42. The molecule has 3 aromatic rings. The number of anilines is 1. The molecule has 1 aromatic heterocycles. The third kappa shape index (κ3) is 6.14. The molecule has 0 saturated carbocycles. The van der Waals surface area contributed by atoms with Crippen LogP contribution in [0.4, 0.5) is 5.95 Å². The van der Waals surface area contributed by atoms with E-state index in [0.717, 1.165) is 28.5 Å². The number of carboxylic acid groups (broad SMARTS) is 2. The van der Waals surface area contributed by atoms with Gasteiger partial charge in [-0.1, -0.05) is 12.1 Å². The molecule has 170 valence electrons. The number of imidazole rings is 1. The van der Waals surface area contributed by atoms with Crippen LogP contribution in [0.3, 0.4) is 0 Å². The minimum absolute atomic E-state index is 0.142. The van der Waals surface area contributed by atoms with Gasteiger partial charge in [0, 0.05) is 24.7 Å². The fourth-order valence-electron chi connectivity index (χ4n) is 2.78. The number of phenols is 1. The zero-order valence-corrected chi connectivity index (χ0v) is 17.9. The lowest BCUT2D eigenvalue weighted by atomic mass is 10.1. The van der Waals surface area contributed by atoms with Crippen molar-refractivity contribution in [2.45, 2.75) is 13.5 Å². The molecular formula is C22H25N3O7. The summed E-state index contributed by atoms with van der Waals surface area (Å²) >= 11 is 0. The summed E-state index contributed by atoms with van der Waals surface area (Å²) in [4.78, 5) is 22.6. The first-order valence-electron chi connectivity index (χ1n) is 9.58. The maximum absolute atomic E-state index is 10.2. The van der Waals surface area contributed by atoms with Crippen molar-refractivity contribution in [1.82, 2.24) is 9.55 Å². The molecular weight excluding hydrogens is 418 g/mol. The lowest BCUT2D eigenvalue weighted by Crippen LogP contribution is -2.09. The second-order valence-electron chi connectivity index (χ2n) is 6.42. The number of para-hydroxylation sites is 1. The average molecular weight is 443 g/mol. The minimum atomic E-state index is -1.82. The first-order chi connectivity index (χ1) is 15.3. The summed E-state index contributed by atoms with van der Waals surface area (Å²) in [6.07, 6.45) is 1.82. The van der Waals surface area contributed by atoms with Crippen LogP contribution in [0.2, 0.25) is 0 Å². The normalized spacial score (nSPS) is 9.97. The molecule has 0 bridgehead atoms. The molecule has 0 saturated heterocycles. The van der Waals surface area contributed by atoms with Gasteiger partial charge in [0.25, 0.3) is 0 Å². The number of carbonyl (C=O) groups is 2. The number of aromatic nitrogens is 2. The van der Waals surface area contributed by atoms with Crippen molar-refractivity contribution in [3.05, 3.63) is 54.2 Å². The molecule has 10 nitrogen and oxygen atoms in total. The van der Waals surface area contributed by atoms with Gasteiger partial charge >= 0.3 is 11.9 Å². The van der Waals surface area contributed by atoms with Crippen LogP contribution in [0.15, 0.2) is 48.7 Å². The van der Waals surface area contributed by atoms with Gasteiger partial charge in [-0.15, -0.1) is 0 Å². The summed E-state index contributed by atoms with van der Waals surface area (Å²) in [5, 5.41) is 28.2. The van der Waals surface area contributed by atoms with Crippen LogP contribution in [-0.2, 0) is 23.2 Å². The molecule has 0 radical (unpaired) electrons. The maximum atomic E-state index is 10.2. The van der Waals surface area contributed by atoms with Gasteiger partial charge in [0.05, 0.1) is 25.6 Å². The van der Waals surface area contributed by atoms with E-state index in [2.05, 4.69) is 10.3 Å². The molecule has 0 amide bonds. The molecule has 0 aliphatic rings. The van der Waals surface area contributed by atoms with Crippen molar-refractivity contribution < 1.29 is 34.4 Å². The SMILES string of the molecule is CCOc1ccc(-c2cnc(NCc3cccc(OC)c3O)n2C)cc1.O=C(O)C(=O)O. The number of benzene rings is 2. The summed E-state index contributed by atoms with van der Waals surface area (Å²) in [6, 6.07) is 13.4. The highest BCUT2D eigenvalue weighted by Gasteiger charge is 2.11. The quantitative estimate of drug-likeness (QED) is 0.405. The molecule has 0 atom stereocenters. The van der Waals surface area contributed by atoms with E-state index in [1.165, 1.54) is 7.11 Å². The number of aromatic hydroxyl groups is 1. The zero-order valence-electron chi connectivity index (χ0n) is 17.9. The number of carboxylic acids is 2. The molecule has 10 heteroatoms. The predicted octanol–water partition coefficient (Wildman–Crippen LogP) is 2.97. The molecule has 2 aromatic carbocycles. The molecule has 32 heavy (non-hydrogen) atoms. The highest BCUT2D eigenvalue weighted by molar-refractivity contribution is 6.27. The number of rotatable bonds is 7. The van der Waals surface area contributed by atoms with Gasteiger partial charge in [0.1, 0.15) is 5.75 Å². The molecule has 0 spiro atoms. The Morgan fingerprint density at radius 2 is 1.75 bits per heavy atom. The second kappa shape index (κ2) is 11.3. The van der Waals surface area contributed by atoms with Crippen molar-refractivity contribution in [3.63, 3.8) is 0 Å². The van der Waals surface area contributed by atoms with Crippen molar-refractivity contribution in [1.29, 1.82) is 0 Å². The van der Waals surface area contributed by atoms with Crippen LogP contribution in [0, 0.1) is 0 Å². The number of methoxy groups -OCH3 is 1. The summed E-state index contributed by atoms with van der Waals surface area (Å²) in [5.41, 5.74) is 2.79. The van der Waals surface area contributed by atoms with E-state index in [0.29, 0.717) is 18.9 Å². The number of nitrogens with zero attached hydrogens (tertiary/aromatic N) is 2. The van der Waals surface area contributed by atoms with Crippen molar-refractivity contribution >= 4 is 17.9 Å². The Kier molecular flexibility index (Phi) is 8.46. The Balaban J connectivity index is 0.000000534. The monoisotopic (exact) mass is 443 g/mol. The van der Waals surface area contributed by atoms with Gasteiger partial charge in [0.15, 0.2) is 11.5 Å². The Hall–Kier alpha value is -4.21. The van der Waals surface area contributed by atoms with E-state index in [9.17, 15) is 5.11 Å². The summed E-state index contributed by atoms with van der Waals surface area (Å²) in [6.45, 7) is 3.06. The van der Waals surface area contributed by atoms with E-state index in [1.54, 1.807) is 6.07 Å². The van der Waals surface area contributed by atoms with Crippen LogP contribution in [0.5, 0.6) is 17.2 Å². The van der Waals surface area contributed by atoms with Gasteiger partial charge in [0.2, 0.25) is 5.95 Å². The van der Waals surface area contributed by atoms with Gasteiger partial charge < -0.3 is 34.7 Å². The highest BCUT2D eigenvalue weighted by Crippen LogP contribution is 2.30. The predicted molar refractivity (Wildman–Crippen MR) is 117 cm³/mol. The topological polar surface area (TPSA) is 143 Å². The van der Waals surface area contributed by atoms with E-state index in [1.807, 2.05) is 61.1 Å². The molecule has 0 aliphatic carbocycles. The fourth-order valence-corrected chi connectivity index (χ4v) is 2.78. The van der Waals surface area contributed by atoms with E-state index in [-0.39, 0.29) is 5.75 Å². The average Bonchev–Trinajstić information content (AvgIpc) is 3.14. The number of ether oxygens (including phenoxy) is 2. The summed E-state index contributed by atoms with van der Waals surface area (Å²) in [7, 11) is 3.49. The van der Waals surface area contributed by atoms with Crippen LogP contribution < -0.4 is 14.8 Å². The van der Waals surface area contributed by atoms with E-state index >= 15 is 0 Å². The number of hydrogen-bond donors (Lipinski definition) is 4. The fraction of sp³-hybridized carbons (Fsp3) is 0.227. The third-order valence-corrected chi connectivity index (χ3v) is 4.37. The minimum Gasteiger partial charge on any atom is -0.504 e. The van der Waals surface area contributed by atoms with E-state index < -0.39 is 11.9 Å². The Morgan fingerprint density at radius 1 is 1.09 bits per heavy atom. The first-order valence-corrected chi connectivity index (χ1v) is 9.58. The van der Waals surface area contributed by atoms with Crippen LogP contribution >= 0.6 is 0 Å². The third-order valence-electron chi connectivity index (χ3n) is 4.37. The number of nitrogens with one attached hydrogen (secondary N) is 1. The maximum Gasteiger partial charge on any atom is 0.414 e. The molecule has 0 unspecified atom stereocenters. The lowest BCUT2D eigenvalue weighted by Gasteiger charge is -2.11. The van der Waals surface area contributed by atoms with Crippen LogP contribution in [0.25, 0.3) is 11.3 Å². The molecule has 3 rings (SSSR count). The number of hydrogen-bond acceptors (Lipinski definition) is 7. The molecule has 0 aliphatic heterocycles.